The van der Waals surface area contributed by atoms with E-state index in [-0.39, 0.29) is 24.3 Å². The van der Waals surface area contributed by atoms with E-state index >= 15 is 0 Å². The van der Waals surface area contributed by atoms with Gasteiger partial charge in [-0.15, -0.1) is 0 Å². The first-order valence-corrected chi connectivity index (χ1v) is 7.05. The second kappa shape index (κ2) is 12.5. The molecule has 0 aliphatic carbocycles. The Morgan fingerprint density at radius 3 is 1.62 bits per heavy atom. The van der Waals surface area contributed by atoms with Crippen LogP contribution in [0.4, 0.5) is 4.79 Å². The predicted octanol–water partition coefficient (Wildman–Crippen LogP) is 2.47. The topological polar surface area (TPSA) is 105 Å². The van der Waals surface area contributed by atoms with Crippen LogP contribution in [-0.2, 0) is 14.2 Å². The molecule has 0 spiro atoms. The van der Waals surface area contributed by atoms with E-state index in [0.717, 1.165) is 0 Å². The Morgan fingerprint density at radius 2 is 1.38 bits per heavy atom. The average molecular weight is 335 g/mol. The smallest absolute Gasteiger partial charge is 0.404 e. The fourth-order valence-corrected chi connectivity index (χ4v) is 1.41. The predicted molar refractivity (Wildman–Crippen MR) is 88.6 cm³/mol. The average Bonchev–Trinajstić information content (AvgIpc) is 2.58. The number of ether oxygens (including phenoxy) is 3. The number of hydrogen-bond acceptors (Lipinski definition) is 6. The fraction of sp³-hybridized carbons (Fsp3) is 0.235. The van der Waals surface area contributed by atoms with E-state index in [4.69, 9.17) is 9.47 Å². The van der Waals surface area contributed by atoms with Crippen LogP contribution < -0.4 is 5.73 Å². The Balaban J connectivity index is 0.000000754. The number of carbonyl (C=O) groups is 3. The molecule has 2 N–H and O–H groups in total. The molecule has 0 unspecified atom stereocenters. The maximum absolute atomic E-state index is 11.7. The van der Waals surface area contributed by atoms with Gasteiger partial charge in [-0.1, -0.05) is 37.4 Å². The van der Waals surface area contributed by atoms with E-state index in [0.29, 0.717) is 6.61 Å². The van der Waals surface area contributed by atoms with Gasteiger partial charge in [0.1, 0.15) is 13.2 Å². The zero-order valence-corrected chi connectivity index (χ0v) is 13.5. The molecular formula is C17H21NO6. The van der Waals surface area contributed by atoms with Gasteiger partial charge in [0.15, 0.2) is 0 Å². The van der Waals surface area contributed by atoms with E-state index < -0.39 is 18.0 Å². The van der Waals surface area contributed by atoms with E-state index in [2.05, 4.69) is 23.6 Å². The minimum atomic E-state index is -0.711. The summed E-state index contributed by atoms with van der Waals surface area (Å²) < 4.78 is 14.0. The molecule has 130 valence electrons. The Bertz CT molecular complexity index is 539. The van der Waals surface area contributed by atoms with Gasteiger partial charge in [0.2, 0.25) is 0 Å². The number of esters is 2. The van der Waals surface area contributed by atoms with E-state index in [9.17, 15) is 14.4 Å². The first kappa shape index (κ1) is 20.9. The van der Waals surface area contributed by atoms with Crippen molar-refractivity contribution in [1.82, 2.24) is 0 Å². The van der Waals surface area contributed by atoms with Crippen LogP contribution in [0.2, 0.25) is 0 Å². The Morgan fingerprint density at radius 1 is 0.958 bits per heavy atom. The highest BCUT2D eigenvalue weighted by Crippen LogP contribution is 2.12. The van der Waals surface area contributed by atoms with Gasteiger partial charge in [-0.3, -0.25) is 0 Å². The second-order valence-electron chi connectivity index (χ2n) is 4.07. The summed E-state index contributed by atoms with van der Waals surface area (Å²) in [4.78, 5) is 33.0. The normalized spacial score (nSPS) is 8.88. The van der Waals surface area contributed by atoms with Gasteiger partial charge in [0, 0.05) is 0 Å². The van der Waals surface area contributed by atoms with Crippen LogP contribution in [0.1, 0.15) is 27.6 Å². The van der Waals surface area contributed by atoms with Gasteiger partial charge in [-0.25, -0.2) is 14.4 Å². The maximum atomic E-state index is 11.7. The molecule has 0 saturated carbocycles. The first-order chi connectivity index (χ1) is 11.5. The highest BCUT2D eigenvalue weighted by molar-refractivity contribution is 6.03. The minimum Gasteiger partial charge on any atom is -0.458 e. The standard InChI is InChI=1S/C14H14O4.C3H7NO2/c1-3-9-17-13(15)11-7-5-6-8-12(11)14(16)18-10-4-2;1-2-6-3(4)5/h3-8H,1-2,9-10H2;2H2,1H3,(H2,4,5). The lowest BCUT2D eigenvalue weighted by Gasteiger charge is -2.07. The summed E-state index contributed by atoms with van der Waals surface area (Å²) in [6.07, 6.45) is 2.20. The van der Waals surface area contributed by atoms with Crippen molar-refractivity contribution in [1.29, 1.82) is 0 Å². The lowest BCUT2D eigenvalue weighted by molar-refractivity contribution is 0.0503. The van der Waals surface area contributed by atoms with Gasteiger partial charge < -0.3 is 19.9 Å². The first-order valence-electron chi connectivity index (χ1n) is 7.05. The Kier molecular flexibility index (Phi) is 10.9. The number of primary amides is 1. The SMILES string of the molecule is C=CCOC(=O)c1ccccc1C(=O)OCC=C.CCOC(N)=O. The highest BCUT2D eigenvalue weighted by Gasteiger charge is 2.18. The lowest BCUT2D eigenvalue weighted by Crippen LogP contribution is -2.14. The third kappa shape index (κ3) is 8.38. The molecule has 1 aromatic rings. The van der Waals surface area contributed by atoms with E-state index in [1.807, 2.05) is 0 Å². The molecule has 7 nitrogen and oxygen atoms in total. The zero-order chi connectivity index (χ0) is 18.4. The molecule has 0 radical (unpaired) electrons. The molecule has 0 saturated heterocycles. The van der Waals surface area contributed by atoms with Crippen molar-refractivity contribution in [2.45, 2.75) is 6.92 Å². The van der Waals surface area contributed by atoms with Gasteiger partial charge in [0.05, 0.1) is 17.7 Å². The highest BCUT2D eigenvalue weighted by atomic mass is 16.5. The molecule has 7 heteroatoms. The summed E-state index contributed by atoms with van der Waals surface area (Å²) in [5, 5.41) is 0. The number of nitrogens with two attached hydrogens (primary N) is 1. The molecule has 0 aliphatic rings. The van der Waals surface area contributed by atoms with Crippen molar-refractivity contribution in [3.05, 3.63) is 60.7 Å². The second-order valence-corrected chi connectivity index (χ2v) is 4.07. The molecule has 1 aromatic carbocycles. The Hall–Kier alpha value is -3.09. The molecule has 0 fully saturated rings. The molecule has 24 heavy (non-hydrogen) atoms. The zero-order valence-electron chi connectivity index (χ0n) is 13.5. The van der Waals surface area contributed by atoms with Gasteiger partial charge in [-0.05, 0) is 19.1 Å². The van der Waals surface area contributed by atoms with Crippen molar-refractivity contribution in [3.63, 3.8) is 0 Å². The summed E-state index contributed by atoms with van der Waals surface area (Å²) in [5.41, 5.74) is 4.89. The monoisotopic (exact) mass is 335 g/mol. The van der Waals surface area contributed by atoms with Crippen LogP contribution >= 0.6 is 0 Å². The number of hydrogen-bond donors (Lipinski definition) is 1. The fourth-order valence-electron chi connectivity index (χ4n) is 1.41. The van der Waals surface area contributed by atoms with Crippen LogP contribution in [0.3, 0.4) is 0 Å². The summed E-state index contributed by atoms with van der Waals surface area (Å²) >= 11 is 0. The third-order valence-corrected chi connectivity index (χ3v) is 2.32. The van der Waals surface area contributed by atoms with Gasteiger partial charge in [0.25, 0.3) is 0 Å². The van der Waals surface area contributed by atoms with Gasteiger partial charge in [-0.2, -0.15) is 0 Å². The summed E-state index contributed by atoms with van der Waals surface area (Å²) in [6, 6.07) is 6.31. The molecule has 0 atom stereocenters. The van der Waals surface area contributed by atoms with Crippen molar-refractivity contribution < 1.29 is 28.6 Å². The molecule has 1 amide bonds. The van der Waals surface area contributed by atoms with Crippen LogP contribution in [0.5, 0.6) is 0 Å². The molecule has 0 bridgehead atoms. The molecule has 0 aliphatic heterocycles. The molecular weight excluding hydrogens is 314 g/mol. The van der Waals surface area contributed by atoms with Crippen LogP contribution in [0, 0.1) is 0 Å². The maximum Gasteiger partial charge on any atom is 0.404 e. The number of benzene rings is 1. The molecule has 1 rings (SSSR count). The van der Waals surface area contributed by atoms with E-state index in [1.165, 1.54) is 24.3 Å². The van der Waals surface area contributed by atoms with Crippen molar-refractivity contribution in [3.8, 4) is 0 Å². The number of carbonyl (C=O) groups excluding carboxylic acids is 3. The van der Waals surface area contributed by atoms with Crippen molar-refractivity contribution >= 4 is 18.0 Å². The lowest BCUT2D eigenvalue weighted by atomic mass is 10.1. The van der Waals surface area contributed by atoms with Crippen LogP contribution in [0.25, 0.3) is 0 Å². The van der Waals surface area contributed by atoms with Gasteiger partial charge >= 0.3 is 18.0 Å². The van der Waals surface area contributed by atoms with Crippen LogP contribution in [-0.4, -0.2) is 37.9 Å². The largest absolute Gasteiger partial charge is 0.458 e. The summed E-state index contributed by atoms with van der Waals surface area (Å²) in [7, 11) is 0. The Labute approximate surface area is 140 Å². The molecule has 0 aromatic heterocycles. The minimum absolute atomic E-state index is 0.0921. The quantitative estimate of drug-likeness (QED) is 0.466. The third-order valence-electron chi connectivity index (χ3n) is 2.32. The summed E-state index contributed by atoms with van der Waals surface area (Å²) in [6.45, 7) is 9.13. The number of rotatable bonds is 7. The summed E-state index contributed by atoms with van der Waals surface area (Å²) in [5.74, 6) is -1.16. The van der Waals surface area contributed by atoms with Crippen molar-refractivity contribution in [2.75, 3.05) is 19.8 Å². The van der Waals surface area contributed by atoms with E-state index in [1.54, 1.807) is 19.1 Å². The van der Waals surface area contributed by atoms with Crippen LogP contribution in [0.15, 0.2) is 49.6 Å². The number of amides is 1. The van der Waals surface area contributed by atoms with Crippen molar-refractivity contribution in [2.24, 2.45) is 5.73 Å². The molecule has 0 heterocycles.